The standard InChI is InChI=1S/C16H25ClN2/c1-11(2)15-7-14(9-17)8-16(18-15)19-6-5-12(3)13(4)10-19/h7-8,11-13H,5-6,9-10H2,1-4H3. The van der Waals surface area contributed by atoms with Gasteiger partial charge >= 0.3 is 0 Å². The minimum absolute atomic E-state index is 0.447. The van der Waals surface area contributed by atoms with Crippen molar-refractivity contribution in [3.05, 3.63) is 23.4 Å². The summed E-state index contributed by atoms with van der Waals surface area (Å²) in [5.74, 6) is 3.67. The summed E-state index contributed by atoms with van der Waals surface area (Å²) in [6.07, 6.45) is 1.25. The van der Waals surface area contributed by atoms with Crippen LogP contribution in [0, 0.1) is 11.8 Å². The fourth-order valence-corrected chi connectivity index (χ4v) is 2.75. The highest BCUT2D eigenvalue weighted by atomic mass is 35.5. The summed E-state index contributed by atoms with van der Waals surface area (Å²) in [5.41, 5.74) is 2.33. The van der Waals surface area contributed by atoms with Crippen molar-refractivity contribution in [3.8, 4) is 0 Å². The van der Waals surface area contributed by atoms with Gasteiger partial charge in [-0.25, -0.2) is 4.98 Å². The Morgan fingerprint density at radius 2 is 2.05 bits per heavy atom. The van der Waals surface area contributed by atoms with Gasteiger partial charge in [-0.3, -0.25) is 0 Å². The van der Waals surface area contributed by atoms with E-state index >= 15 is 0 Å². The quantitative estimate of drug-likeness (QED) is 0.762. The molecule has 1 aromatic heterocycles. The molecular weight excluding hydrogens is 256 g/mol. The predicted molar refractivity (Wildman–Crippen MR) is 83.0 cm³/mol. The molecule has 1 aliphatic rings. The molecule has 19 heavy (non-hydrogen) atoms. The molecule has 2 nitrogen and oxygen atoms in total. The van der Waals surface area contributed by atoms with Crippen molar-refractivity contribution in [2.45, 2.75) is 45.9 Å². The SMILES string of the molecule is CC(C)c1cc(CCl)cc(N2CCC(C)C(C)C2)n1. The van der Waals surface area contributed by atoms with Crippen LogP contribution >= 0.6 is 11.6 Å². The van der Waals surface area contributed by atoms with Crippen LogP contribution in [-0.4, -0.2) is 18.1 Å². The van der Waals surface area contributed by atoms with Crippen molar-refractivity contribution in [2.75, 3.05) is 18.0 Å². The first kappa shape index (κ1) is 14.6. The number of aromatic nitrogens is 1. The zero-order chi connectivity index (χ0) is 14.0. The third kappa shape index (κ3) is 3.42. The molecule has 0 radical (unpaired) electrons. The van der Waals surface area contributed by atoms with Gasteiger partial charge in [-0.05, 0) is 41.9 Å². The molecule has 2 unspecified atom stereocenters. The fourth-order valence-electron chi connectivity index (χ4n) is 2.60. The summed E-state index contributed by atoms with van der Waals surface area (Å²) in [7, 11) is 0. The summed E-state index contributed by atoms with van der Waals surface area (Å²) in [5, 5.41) is 0. The second-order valence-corrected chi connectivity index (χ2v) is 6.50. The Balaban J connectivity index is 2.26. The van der Waals surface area contributed by atoms with Crippen LogP contribution in [0.4, 0.5) is 5.82 Å². The molecule has 0 amide bonds. The van der Waals surface area contributed by atoms with E-state index in [1.807, 2.05) is 0 Å². The molecule has 1 aromatic rings. The smallest absolute Gasteiger partial charge is 0.129 e. The molecule has 0 N–H and O–H groups in total. The molecule has 2 heterocycles. The van der Waals surface area contributed by atoms with Gasteiger partial charge in [0.2, 0.25) is 0 Å². The minimum atomic E-state index is 0.447. The zero-order valence-electron chi connectivity index (χ0n) is 12.5. The van der Waals surface area contributed by atoms with Crippen LogP contribution in [0.3, 0.4) is 0 Å². The Hall–Kier alpha value is -0.760. The summed E-state index contributed by atoms with van der Waals surface area (Å²) < 4.78 is 0. The Kier molecular flexibility index (Phi) is 4.72. The number of hydrogen-bond donors (Lipinski definition) is 0. The second-order valence-electron chi connectivity index (χ2n) is 6.24. The van der Waals surface area contributed by atoms with Gasteiger partial charge in [-0.15, -0.1) is 11.6 Å². The Labute approximate surface area is 122 Å². The lowest BCUT2D eigenvalue weighted by molar-refractivity contribution is 0.322. The molecule has 106 valence electrons. The third-order valence-electron chi connectivity index (χ3n) is 4.30. The highest BCUT2D eigenvalue weighted by Gasteiger charge is 2.24. The van der Waals surface area contributed by atoms with Crippen LogP contribution in [0.1, 0.15) is 51.3 Å². The highest BCUT2D eigenvalue weighted by molar-refractivity contribution is 6.17. The van der Waals surface area contributed by atoms with E-state index in [1.54, 1.807) is 0 Å². The molecule has 2 rings (SSSR count). The van der Waals surface area contributed by atoms with Crippen molar-refractivity contribution in [2.24, 2.45) is 11.8 Å². The lowest BCUT2D eigenvalue weighted by Crippen LogP contribution is -2.39. The lowest BCUT2D eigenvalue weighted by Gasteiger charge is -2.36. The number of halogens is 1. The number of hydrogen-bond acceptors (Lipinski definition) is 2. The normalized spacial score (nSPS) is 24.0. The van der Waals surface area contributed by atoms with Gasteiger partial charge in [0.1, 0.15) is 5.82 Å². The fraction of sp³-hybridized carbons (Fsp3) is 0.688. The molecule has 0 spiro atoms. The number of piperidine rings is 1. The average Bonchev–Trinajstić information content (AvgIpc) is 2.41. The number of pyridine rings is 1. The minimum Gasteiger partial charge on any atom is -0.356 e. The van der Waals surface area contributed by atoms with Crippen molar-refractivity contribution in [1.82, 2.24) is 4.98 Å². The van der Waals surface area contributed by atoms with Gasteiger partial charge in [0.25, 0.3) is 0 Å². The van der Waals surface area contributed by atoms with Crippen molar-refractivity contribution >= 4 is 17.4 Å². The van der Waals surface area contributed by atoms with Crippen LogP contribution in [0.25, 0.3) is 0 Å². The van der Waals surface area contributed by atoms with Crippen molar-refractivity contribution in [1.29, 1.82) is 0 Å². The molecule has 1 fully saturated rings. The molecule has 0 aromatic carbocycles. The van der Waals surface area contributed by atoms with E-state index in [4.69, 9.17) is 16.6 Å². The van der Waals surface area contributed by atoms with Crippen LogP contribution in [0.5, 0.6) is 0 Å². The maximum absolute atomic E-state index is 6.02. The summed E-state index contributed by atoms with van der Waals surface area (Å²) >= 11 is 6.02. The number of nitrogens with zero attached hydrogens (tertiary/aromatic N) is 2. The van der Waals surface area contributed by atoms with Crippen LogP contribution in [-0.2, 0) is 5.88 Å². The Morgan fingerprint density at radius 3 is 2.63 bits per heavy atom. The summed E-state index contributed by atoms with van der Waals surface area (Å²) in [6, 6.07) is 4.29. The molecule has 1 saturated heterocycles. The zero-order valence-corrected chi connectivity index (χ0v) is 13.2. The molecule has 1 aliphatic heterocycles. The van der Waals surface area contributed by atoms with E-state index in [0.717, 1.165) is 36.4 Å². The van der Waals surface area contributed by atoms with Crippen LogP contribution in [0.2, 0.25) is 0 Å². The monoisotopic (exact) mass is 280 g/mol. The van der Waals surface area contributed by atoms with E-state index in [0.29, 0.717) is 11.8 Å². The maximum atomic E-state index is 6.02. The van der Waals surface area contributed by atoms with Gasteiger partial charge in [0.05, 0.1) is 0 Å². The Morgan fingerprint density at radius 1 is 1.32 bits per heavy atom. The first-order chi connectivity index (χ1) is 9.01. The largest absolute Gasteiger partial charge is 0.356 e. The first-order valence-electron chi connectivity index (χ1n) is 7.33. The maximum Gasteiger partial charge on any atom is 0.129 e. The van der Waals surface area contributed by atoms with Gasteiger partial charge in [-0.1, -0.05) is 27.7 Å². The van der Waals surface area contributed by atoms with Gasteiger partial charge in [0.15, 0.2) is 0 Å². The van der Waals surface area contributed by atoms with Gasteiger partial charge in [0, 0.05) is 24.7 Å². The van der Waals surface area contributed by atoms with Crippen molar-refractivity contribution < 1.29 is 0 Å². The van der Waals surface area contributed by atoms with Crippen LogP contribution in [0.15, 0.2) is 12.1 Å². The molecule has 0 aliphatic carbocycles. The highest BCUT2D eigenvalue weighted by Crippen LogP contribution is 2.28. The molecule has 2 atom stereocenters. The number of anilines is 1. The number of alkyl halides is 1. The second kappa shape index (κ2) is 6.13. The van der Waals surface area contributed by atoms with Gasteiger partial charge in [-0.2, -0.15) is 0 Å². The number of rotatable bonds is 3. The molecule has 0 bridgehead atoms. The average molecular weight is 281 g/mol. The van der Waals surface area contributed by atoms with Crippen LogP contribution < -0.4 is 4.90 Å². The molecular formula is C16H25ClN2. The predicted octanol–water partition coefficient (Wildman–Crippen LogP) is 4.43. The van der Waals surface area contributed by atoms with E-state index in [1.165, 1.54) is 12.0 Å². The topological polar surface area (TPSA) is 16.1 Å². The lowest BCUT2D eigenvalue weighted by atomic mass is 9.88. The van der Waals surface area contributed by atoms with E-state index < -0.39 is 0 Å². The van der Waals surface area contributed by atoms with E-state index in [9.17, 15) is 0 Å². The summed E-state index contributed by atoms with van der Waals surface area (Å²) in [4.78, 5) is 7.25. The first-order valence-corrected chi connectivity index (χ1v) is 7.86. The van der Waals surface area contributed by atoms with E-state index in [-0.39, 0.29) is 0 Å². The van der Waals surface area contributed by atoms with Crippen molar-refractivity contribution in [3.63, 3.8) is 0 Å². The molecule has 0 saturated carbocycles. The van der Waals surface area contributed by atoms with Gasteiger partial charge < -0.3 is 4.90 Å². The Bertz CT molecular complexity index is 431. The molecule has 3 heteroatoms. The summed E-state index contributed by atoms with van der Waals surface area (Å²) in [6.45, 7) is 11.3. The van der Waals surface area contributed by atoms with E-state index in [2.05, 4.69) is 44.7 Å². The third-order valence-corrected chi connectivity index (χ3v) is 4.60.